The van der Waals surface area contributed by atoms with Gasteiger partial charge in [0, 0.05) is 22.7 Å². The monoisotopic (exact) mass is 301 g/mol. The summed E-state index contributed by atoms with van der Waals surface area (Å²) in [4.78, 5) is 11.8. The first-order valence-electron chi connectivity index (χ1n) is 6.56. The maximum Gasteiger partial charge on any atom is 0.251 e. The van der Waals surface area contributed by atoms with Gasteiger partial charge in [-0.2, -0.15) is 0 Å². The van der Waals surface area contributed by atoms with Crippen LogP contribution in [0.15, 0.2) is 61.2 Å². The predicted molar refractivity (Wildman–Crippen MR) is 84.8 cm³/mol. The van der Waals surface area contributed by atoms with E-state index < -0.39 is 0 Å². The Morgan fingerprint density at radius 1 is 1.24 bits per heavy atom. The molecule has 0 radical (unpaired) electrons. The van der Waals surface area contributed by atoms with E-state index in [1.165, 1.54) is 0 Å². The van der Waals surface area contributed by atoms with Crippen LogP contribution in [-0.4, -0.2) is 12.5 Å². The summed E-state index contributed by atoms with van der Waals surface area (Å²) in [5, 5.41) is 3.39. The van der Waals surface area contributed by atoms with E-state index in [1.807, 2.05) is 24.3 Å². The molecule has 0 bridgehead atoms. The molecule has 0 aliphatic rings. The van der Waals surface area contributed by atoms with E-state index in [1.54, 1.807) is 30.3 Å². The van der Waals surface area contributed by atoms with Crippen molar-refractivity contribution < 1.29 is 9.53 Å². The molecule has 0 aliphatic carbocycles. The smallest absolute Gasteiger partial charge is 0.251 e. The first kappa shape index (κ1) is 15.1. The molecule has 0 unspecified atom stereocenters. The number of nitrogens with one attached hydrogen (secondary N) is 1. The molecule has 0 atom stereocenters. The highest BCUT2D eigenvalue weighted by Gasteiger charge is 2.06. The van der Waals surface area contributed by atoms with Crippen LogP contribution in [0.25, 0.3) is 0 Å². The Bertz CT molecular complexity index is 640. The van der Waals surface area contributed by atoms with Crippen molar-refractivity contribution in [2.75, 3.05) is 6.54 Å². The Kier molecular flexibility index (Phi) is 5.41. The minimum absolute atomic E-state index is 0.155. The number of ether oxygens (including phenoxy) is 1. The van der Waals surface area contributed by atoms with Crippen molar-refractivity contribution in [2.45, 2.75) is 6.61 Å². The van der Waals surface area contributed by atoms with Crippen LogP contribution in [0.1, 0.15) is 15.9 Å². The van der Waals surface area contributed by atoms with Crippen LogP contribution in [0.3, 0.4) is 0 Å². The Morgan fingerprint density at radius 2 is 2.05 bits per heavy atom. The molecule has 2 rings (SSSR count). The molecule has 0 saturated heterocycles. The summed E-state index contributed by atoms with van der Waals surface area (Å²) in [6.45, 7) is 4.36. The Labute approximate surface area is 129 Å². The summed E-state index contributed by atoms with van der Waals surface area (Å²) in [7, 11) is 0. The molecule has 0 spiro atoms. The third kappa shape index (κ3) is 4.36. The molecule has 1 amide bonds. The number of halogens is 1. The maximum absolute atomic E-state index is 11.8. The zero-order chi connectivity index (χ0) is 15.1. The predicted octanol–water partition coefficient (Wildman–Crippen LogP) is 3.83. The zero-order valence-corrected chi connectivity index (χ0v) is 12.3. The summed E-state index contributed by atoms with van der Waals surface area (Å²) < 4.78 is 5.68. The summed E-state index contributed by atoms with van der Waals surface area (Å²) in [6, 6.07) is 14.5. The maximum atomic E-state index is 11.8. The summed E-state index contributed by atoms with van der Waals surface area (Å²) >= 11 is 6.08. The molecular weight excluding hydrogens is 286 g/mol. The fourth-order valence-electron chi connectivity index (χ4n) is 1.77. The van der Waals surface area contributed by atoms with Gasteiger partial charge >= 0.3 is 0 Å². The van der Waals surface area contributed by atoms with Gasteiger partial charge in [-0.3, -0.25) is 4.79 Å². The molecule has 0 saturated carbocycles. The number of benzene rings is 2. The molecule has 0 fully saturated rings. The lowest BCUT2D eigenvalue weighted by atomic mass is 10.2. The molecule has 0 heterocycles. The zero-order valence-electron chi connectivity index (χ0n) is 11.5. The van der Waals surface area contributed by atoms with E-state index in [4.69, 9.17) is 16.3 Å². The average molecular weight is 302 g/mol. The van der Waals surface area contributed by atoms with Crippen molar-refractivity contribution in [2.24, 2.45) is 0 Å². The van der Waals surface area contributed by atoms with Crippen molar-refractivity contribution >= 4 is 17.5 Å². The fraction of sp³-hybridized carbons (Fsp3) is 0.118. The lowest BCUT2D eigenvalue weighted by molar-refractivity contribution is 0.0957. The van der Waals surface area contributed by atoms with E-state index in [0.717, 1.165) is 5.56 Å². The van der Waals surface area contributed by atoms with Gasteiger partial charge in [-0.15, -0.1) is 6.58 Å². The van der Waals surface area contributed by atoms with Crippen LogP contribution in [0.4, 0.5) is 0 Å². The normalized spacial score (nSPS) is 9.95. The van der Waals surface area contributed by atoms with Crippen molar-refractivity contribution in [3.05, 3.63) is 77.3 Å². The molecule has 0 aliphatic heterocycles. The average Bonchev–Trinajstić information content (AvgIpc) is 2.52. The summed E-state index contributed by atoms with van der Waals surface area (Å²) in [5.41, 5.74) is 1.45. The number of hydrogen-bond acceptors (Lipinski definition) is 2. The van der Waals surface area contributed by atoms with Gasteiger partial charge in [-0.05, 0) is 24.3 Å². The molecule has 4 heteroatoms. The summed E-state index contributed by atoms with van der Waals surface area (Å²) in [5.74, 6) is 0.472. The quantitative estimate of drug-likeness (QED) is 0.823. The van der Waals surface area contributed by atoms with Crippen molar-refractivity contribution in [1.29, 1.82) is 0 Å². The van der Waals surface area contributed by atoms with Gasteiger partial charge in [0.15, 0.2) is 0 Å². The van der Waals surface area contributed by atoms with Crippen LogP contribution in [0.5, 0.6) is 5.75 Å². The van der Waals surface area contributed by atoms with Crippen molar-refractivity contribution in [3.8, 4) is 5.75 Å². The molecule has 108 valence electrons. The van der Waals surface area contributed by atoms with Crippen molar-refractivity contribution in [1.82, 2.24) is 5.32 Å². The van der Waals surface area contributed by atoms with Crippen LogP contribution >= 0.6 is 11.6 Å². The number of carbonyl (C=O) groups excluding carboxylic acids is 1. The van der Waals surface area contributed by atoms with Gasteiger partial charge in [0.05, 0.1) is 0 Å². The molecule has 3 nitrogen and oxygen atoms in total. The highest BCUT2D eigenvalue weighted by molar-refractivity contribution is 6.31. The van der Waals surface area contributed by atoms with Gasteiger partial charge in [0.1, 0.15) is 12.4 Å². The minimum Gasteiger partial charge on any atom is -0.489 e. The molecule has 1 N–H and O–H groups in total. The Hall–Kier alpha value is -2.26. The number of rotatable bonds is 6. The Balaban J connectivity index is 2.03. The van der Waals surface area contributed by atoms with Gasteiger partial charge in [0.2, 0.25) is 0 Å². The topological polar surface area (TPSA) is 38.3 Å². The summed E-state index contributed by atoms with van der Waals surface area (Å²) in [6.07, 6.45) is 1.63. The molecule has 2 aromatic rings. The fourth-order valence-corrected chi connectivity index (χ4v) is 1.96. The van der Waals surface area contributed by atoms with Crippen LogP contribution < -0.4 is 10.1 Å². The number of carbonyl (C=O) groups is 1. The Morgan fingerprint density at radius 3 is 2.81 bits per heavy atom. The van der Waals surface area contributed by atoms with E-state index in [-0.39, 0.29) is 5.91 Å². The van der Waals surface area contributed by atoms with Gasteiger partial charge < -0.3 is 10.1 Å². The third-order valence-corrected chi connectivity index (χ3v) is 3.22. The van der Waals surface area contributed by atoms with E-state index >= 15 is 0 Å². The van der Waals surface area contributed by atoms with Gasteiger partial charge in [-0.1, -0.05) is 41.9 Å². The van der Waals surface area contributed by atoms with E-state index in [0.29, 0.717) is 29.5 Å². The minimum atomic E-state index is -0.155. The number of amides is 1. The van der Waals surface area contributed by atoms with Crippen molar-refractivity contribution in [3.63, 3.8) is 0 Å². The SMILES string of the molecule is C=CCNC(=O)c1cccc(OCc2ccccc2Cl)c1. The molecule has 2 aromatic carbocycles. The third-order valence-electron chi connectivity index (χ3n) is 2.86. The standard InChI is InChI=1S/C17H16ClNO2/c1-2-10-19-17(20)13-7-5-8-15(11-13)21-12-14-6-3-4-9-16(14)18/h2-9,11H,1,10,12H2,(H,19,20). The lowest BCUT2D eigenvalue weighted by Gasteiger charge is -2.09. The second-order valence-electron chi connectivity index (χ2n) is 4.41. The van der Waals surface area contributed by atoms with E-state index in [9.17, 15) is 4.79 Å². The number of hydrogen-bond donors (Lipinski definition) is 1. The molecular formula is C17H16ClNO2. The van der Waals surface area contributed by atoms with Crippen LogP contribution in [0, 0.1) is 0 Å². The molecule has 0 aromatic heterocycles. The molecule has 21 heavy (non-hydrogen) atoms. The second kappa shape index (κ2) is 7.50. The van der Waals surface area contributed by atoms with Crippen LogP contribution in [0.2, 0.25) is 5.02 Å². The first-order chi connectivity index (χ1) is 10.2. The second-order valence-corrected chi connectivity index (χ2v) is 4.81. The highest BCUT2D eigenvalue weighted by Crippen LogP contribution is 2.19. The van der Waals surface area contributed by atoms with Gasteiger partial charge in [0.25, 0.3) is 5.91 Å². The highest BCUT2D eigenvalue weighted by atomic mass is 35.5. The first-order valence-corrected chi connectivity index (χ1v) is 6.94. The largest absolute Gasteiger partial charge is 0.489 e. The van der Waals surface area contributed by atoms with Crippen LogP contribution in [-0.2, 0) is 6.61 Å². The van der Waals surface area contributed by atoms with Gasteiger partial charge in [-0.25, -0.2) is 0 Å². The lowest BCUT2D eigenvalue weighted by Crippen LogP contribution is -2.23. The van der Waals surface area contributed by atoms with E-state index in [2.05, 4.69) is 11.9 Å².